The van der Waals surface area contributed by atoms with E-state index in [1.807, 2.05) is 24.3 Å². The number of nitrogens with zero attached hydrogens (tertiary/aromatic N) is 2. The van der Waals surface area contributed by atoms with Gasteiger partial charge in [-0.2, -0.15) is 5.26 Å². The van der Waals surface area contributed by atoms with Crippen LogP contribution in [0.4, 0.5) is 0 Å². The molecule has 0 saturated heterocycles. The first-order chi connectivity index (χ1) is 15.3. The summed E-state index contributed by atoms with van der Waals surface area (Å²) in [5, 5.41) is 10.9. The standard InChI is InChI=1S/C24H20BrCl2N3O2/c1-30-19-3-2-4-20(31)23(19)22(16(11-28)24(30)29)15-10-14(25)6-8-21(15)32-12-13-5-7-17(26)18(27)9-13/h5-10,22H,2-4,12,29H2,1H3/t22-/m0/s1. The Labute approximate surface area is 205 Å². The fourth-order valence-electron chi connectivity index (χ4n) is 4.24. The van der Waals surface area contributed by atoms with Crippen molar-refractivity contribution in [3.63, 3.8) is 0 Å². The summed E-state index contributed by atoms with van der Waals surface area (Å²) in [6.07, 6.45) is 1.96. The lowest BCUT2D eigenvalue weighted by Crippen LogP contribution is -2.36. The molecule has 5 nitrogen and oxygen atoms in total. The Kier molecular flexibility index (Phi) is 6.52. The van der Waals surface area contributed by atoms with Gasteiger partial charge in [0.2, 0.25) is 0 Å². The van der Waals surface area contributed by atoms with Crippen molar-refractivity contribution in [2.45, 2.75) is 31.8 Å². The van der Waals surface area contributed by atoms with Crippen molar-refractivity contribution in [1.82, 2.24) is 4.90 Å². The van der Waals surface area contributed by atoms with Crippen LogP contribution >= 0.6 is 39.1 Å². The Balaban J connectivity index is 1.79. The molecule has 32 heavy (non-hydrogen) atoms. The van der Waals surface area contributed by atoms with Crippen molar-refractivity contribution in [3.05, 3.63) is 84.7 Å². The van der Waals surface area contributed by atoms with Crippen LogP contribution in [0.25, 0.3) is 0 Å². The second kappa shape index (κ2) is 9.19. The molecule has 2 N–H and O–H groups in total. The molecule has 0 bridgehead atoms. The van der Waals surface area contributed by atoms with Gasteiger partial charge in [-0.1, -0.05) is 45.2 Å². The minimum atomic E-state index is -0.583. The molecule has 1 aliphatic carbocycles. The zero-order valence-corrected chi connectivity index (χ0v) is 20.4. The lowest BCUT2D eigenvalue weighted by Gasteiger charge is -2.38. The average molecular weight is 533 g/mol. The van der Waals surface area contributed by atoms with Crippen molar-refractivity contribution in [2.75, 3.05) is 7.05 Å². The predicted octanol–water partition coefficient (Wildman–Crippen LogP) is 6.06. The summed E-state index contributed by atoms with van der Waals surface area (Å²) in [7, 11) is 1.80. The number of hydrogen-bond donors (Lipinski definition) is 1. The summed E-state index contributed by atoms with van der Waals surface area (Å²) in [5.74, 6) is 0.389. The molecule has 1 heterocycles. The van der Waals surface area contributed by atoms with Crippen LogP contribution in [-0.2, 0) is 11.4 Å². The van der Waals surface area contributed by atoms with Crippen molar-refractivity contribution in [2.24, 2.45) is 5.73 Å². The van der Waals surface area contributed by atoms with Crippen molar-refractivity contribution in [3.8, 4) is 11.8 Å². The zero-order valence-electron chi connectivity index (χ0n) is 17.3. The van der Waals surface area contributed by atoms with E-state index in [2.05, 4.69) is 22.0 Å². The maximum absolute atomic E-state index is 13.0. The van der Waals surface area contributed by atoms with Gasteiger partial charge in [0.1, 0.15) is 18.2 Å². The highest BCUT2D eigenvalue weighted by Crippen LogP contribution is 2.47. The molecule has 0 aromatic heterocycles. The fraction of sp³-hybridized carbons (Fsp3) is 0.250. The Morgan fingerprint density at radius 1 is 1.22 bits per heavy atom. The molecule has 2 aromatic rings. The van der Waals surface area contributed by atoms with E-state index in [4.69, 9.17) is 33.7 Å². The first-order valence-electron chi connectivity index (χ1n) is 10.1. The van der Waals surface area contributed by atoms with E-state index < -0.39 is 5.92 Å². The highest BCUT2D eigenvalue weighted by atomic mass is 79.9. The van der Waals surface area contributed by atoms with E-state index >= 15 is 0 Å². The quantitative estimate of drug-likeness (QED) is 0.517. The minimum Gasteiger partial charge on any atom is -0.489 e. The number of ketones is 1. The van der Waals surface area contributed by atoms with E-state index in [-0.39, 0.29) is 12.4 Å². The number of benzene rings is 2. The molecule has 2 aliphatic rings. The number of carbonyl (C=O) groups excluding carboxylic acids is 1. The molecule has 1 atom stereocenters. The highest BCUT2D eigenvalue weighted by molar-refractivity contribution is 9.10. The molecule has 0 fully saturated rings. The van der Waals surface area contributed by atoms with Crippen molar-refractivity contribution >= 4 is 44.9 Å². The monoisotopic (exact) mass is 531 g/mol. The van der Waals surface area contributed by atoms with E-state index in [1.54, 1.807) is 24.1 Å². The number of nitrogens with two attached hydrogens (primary N) is 1. The second-order valence-corrected chi connectivity index (χ2v) is 9.49. The molecular formula is C24H20BrCl2N3O2. The SMILES string of the molecule is CN1C(N)=C(C#N)[C@H](c2cc(Br)ccc2OCc2ccc(Cl)c(Cl)c2)C2=C1CCCC2=O. The first kappa shape index (κ1) is 22.7. The third-order valence-electron chi connectivity index (χ3n) is 5.83. The Morgan fingerprint density at radius 3 is 2.72 bits per heavy atom. The van der Waals surface area contributed by atoms with Gasteiger partial charge < -0.3 is 15.4 Å². The fourth-order valence-corrected chi connectivity index (χ4v) is 4.94. The number of allylic oxidation sites excluding steroid dienone is 3. The van der Waals surface area contributed by atoms with Crippen LogP contribution in [0.2, 0.25) is 10.0 Å². The molecule has 4 rings (SSSR count). The summed E-state index contributed by atoms with van der Waals surface area (Å²) >= 11 is 15.7. The van der Waals surface area contributed by atoms with Crippen LogP contribution in [0.3, 0.4) is 0 Å². The van der Waals surface area contributed by atoms with Gasteiger partial charge in [0.25, 0.3) is 0 Å². The molecule has 2 aromatic carbocycles. The highest BCUT2D eigenvalue weighted by Gasteiger charge is 2.39. The smallest absolute Gasteiger partial charge is 0.161 e. The first-order valence-corrected chi connectivity index (χ1v) is 11.6. The lowest BCUT2D eigenvalue weighted by molar-refractivity contribution is -0.116. The molecule has 0 unspecified atom stereocenters. The number of Topliss-reactive ketones (excluding diaryl/α,β-unsaturated/α-hetero) is 1. The van der Waals surface area contributed by atoms with Crippen LogP contribution in [0.1, 0.15) is 36.3 Å². The van der Waals surface area contributed by atoms with Crippen molar-refractivity contribution < 1.29 is 9.53 Å². The number of rotatable bonds is 4. The molecule has 0 spiro atoms. The van der Waals surface area contributed by atoms with Crippen LogP contribution in [0.5, 0.6) is 5.75 Å². The van der Waals surface area contributed by atoms with Crippen molar-refractivity contribution in [1.29, 1.82) is 5.26 Å². The van der Waals surface area contributed by atoms with Gasteiger partial charge in [-0.25, -0.2) is 0 Å². The van der Waals surface area contributed by atoms with Gasteiger partial charge in [-0.15, -0.1) is 0 Å². The molecule has 8 heteroatoms. The summed E-state index contributed by atoms with van der Waals surface area (Å²) in [6.45, 7) is 0.249. The number of nitriles is 1. The Morgan fingerprint density at radius 2 is 2.00 bits per heavy atom. The predicted molar refractivity (Wildman–Crippen MR) is 128 cm³/mol. The van der Waals surface area contributed by atoms with Crippen LogP contribution < -0.4 is 10.5 Å². The molecular weight excluding hydrogens is 513 g/mol. The minimum absolute atomic E-state index is 0.0405. The van der Waals surface area contributed by atoms with Crippen LogP contribution in [0.15, 0.2) is 63.5 Å². The number of halogens is 3. The van der Waals surface area contributed by atoms with E-state index in [9.17, 15) is 10.1 Å². The Bertz CT molecular complexity index is 1220. The molecule has 1 aliphatic heterocycles. The summed E-state index contributed by atoms with van der Waals surface area (Å²) in [6, 6.07) is 13.1. The average Bonchev–Trinajstić information content (AvgIpc) is 2.77. The lowest BCUT2D eigenvalue weighted by atomic mass is 9.75. The second-order valence-electron chi connectivity index (χ2n) is 7.76. The van der Waals surface area contributed by atoms with E-state index in [0.29, 0.717) is 39.2 Å². The zero-order chi connectivity index (χ0) is 23.0. The third-order valence-corrected chi connectivity index (χ3v) is 7.06. The number of hydrogen-bond acceptors (Lipinski definition) is 5. The van der Waals surface area contributed by atoms with Gasteiger partial charge in [0.05, 0.1) is 27.6 Å². The summed E-state index contributed by atoms with van der Waals surface area (Å²) in [5.41, 5.74) is 9.77. The van der Waals surface area contributed by atoms with Gasteiger partial charge in [-0.05, 0) is 48.7 Å². The normalized spacial score (nSPS) is 18.5. The maximum atomic E-state index is 13.0. The number of carbonyl (C=O) groups is 1. The van der Waals surface area contributed by atoms with Gasteiger partial charge in [-0.3, -0.25) is 4.79 Å². The molecule has 0 radical (unpaired) electrons. The molecule has 0 saturated carbocycles. The van der Waals surface area contributed by atoms with Crippen LogP contribution in [-0.4, -0.2) is 17.7 Å². The molecule has 0 amide bonds. The van der Waals surface area contributed by atoms with Gasteiger partial charge in [0, 0.05) is 34.8 Å². The topological polar surface area (TPSA) is 79.3 Å². The largest absolute Gasteiger partial charge is 0.489 e. The van der Waals surface area contributed by atoms with E-state index in [1.165, 1.54) is 0 Å². The maximum Gasteiger partial charge on any atom is 0.161 e. The summed E-state index contributed by atoms with van der Waals surface area (Å²) in [4.78, 5) is 14.8. The van der Waals surface area contributed by atoms with Crippen LogP contribution in [0, 0.1) is 11.3 Å². The Hall–Kier alpha value is -2.46. The third kappa shape index (κ3) is 4.13. The van der Waals surface area contributed by atoms with E-state index in [0.717, 1.165) is 34.1 Å². The van der Waals surface area contributed by atoms with Gasteiger partial charge >= 0.3 is 0 Å². The molecule has 164 valence electrons. The number of ether oxygens (including phenoxy) is 1. The van der Waals surface area contributed by atoms with Gasteiger partial charge in [0.15, 0.2) is 5.78 Å². The summed E-state index contributed by atoms with van der Waals surface area (Å²) < 4.78 is 6.97.